The molecule has 2 aromatic rings. The van der Waals surface area contributed by atoms with Gasteiger partial charge in [-0.1, -0.05) is 25.1 Å². The molecule has 1 amide bonds. The van der Waals surface area contributed by atoms with Crippen molar-refractivity contribution >= 4 is 11.6 Å². The normalized spacial score (nSPS) is 17.4. The average Bonchev–Trinajstić information content (AvgIpc) is 2.56. The fourth-order valence-corrected chi connectivity index (χ4v) is 2.88. The van der Waals surface area contributed by atoms with E-state index in [2.05, 4.69) is 23.3 Å². The molecule has 108 valence electrons. The van der Waals surface area contributed by atoms with Gasteiger partial charge in [0.15, 0.2) is 0 Å². The summed E-state index contributed by atoms with van der Waals surface area (Å²) in [5.74, 6) is 0.0190. The number of nitrogens with zero attached hydrogens (tertiary/aromatic N) is 2. The zero-order chi connectivity index (χ0) is 14.7. The van der Waals surface area contributed by atoms with E-state index in [1.54, 1.807) is 18.5 Å². The first-order valence-corrected chi connectivity index (χ1v) is 7.35. The molecule has 4 heteroatoms. The Labute approximate surface area is 124 Å². The molecular weight excluding hydrogens is 262 g/mol. The minimum atomic E-state index is 0.0190. The first-order valence-electron chi connectivity index (χ1n) is 7.35. The summed E-state index contributed by atoms with van der Waals surface area (Å²) in [5.41, 5.74) is 2.83. The molecular formula is C17H19N3O. The third-order valence-corrected chi connectivity index (χ3v) is 3.85. The summed E-state index contributed by atoms with van der Waals surface area (Å²) in [6.45, 7) is 3.76. The van der Waals surface area contributed by atoms with E-state index in [-0.39, 0.29) is 5.91 Å². The maximum atomic E-state index is 12.7. The van der Waals surface area contributed by atoms with Crippen molar-refractivity contribution < 1.29 is 4.79 Å². The van der Waals surface area contributed by atoms with Crippen molar-refractivity contribution in [3.63, 3.8) is 0 Å². The third-order valence-electron chi connectivity index (χ3n) is 3.85. The molecule has 0 fully saturated rings. The van der Waals surface area contributed by atoms with Gasteiger partial charge in [0, 0.05) is 30.7 Å². The van der Waals surface area contributed by atoms with E-state index in [1.165, 1.54) is 5.56 Å². The largest absolute Gasteiger partial charge is 0.310 e. The molecule has 1 aliphatic heterocycles. The molecule has 3 rings (SSSR count). The summed E-state index contributed by atoms with van der Waals surface area (Å²) in [6.07, 6.45) is 4.24. The van der Waals surface area contributed by atoms with Crippen LogP contribution in [-0.4, -0.2) is 24.0 Å². The van der Waals surface area contributed by atoms with Gasteiger partial charge in [-0.2, -0.15) is 0 Å². The van der Waals surface area contributed by atoms with Crippen LogP contribution in [0.2, 0.25) is 0 Å². The predicted molar refractivity (Wildman–Crippen MR) is 83.4 cm³/mol. The molecule has 1 aromatic carbocycles. The van der Waals surface area contributed by atoms with Crippen molar-refractivity contribution in [3.8, 4) is 0 Å². The topological polar surface area (TPSA) is 45.2 Å². The lowest BCUT2D eigenvalue weighted by Gasteiger charge is -2.34. The van der Waals surface area contributed by atoms with Crippen molar-refractivity contribution in [2.75, 3.05) is 18.0 Å². The SMILES string of the molecule is CCNC1CCN(C(=O)c2cccnc2)c2ccccc21. The molecule has 1 atom stereocenters. The van der Waals surface area contributed by atoms with E-state index in [9.17, 15) is 4.79 Å². The lowest BCUT2D eigenvalue weighted by molar-refractivity contribution is 0.0983. The highest BCUT2D eigenvalue weighted by Crippen LogP contribution is 2.34. The van der Waals surface area contributed by atoms with Crippen LogP contribution in [0.1, 0.15) is 35.3 Å². The predicted octanol–water partition coefficient (Wildman–Crippen LogP) is 2.78. The van der Waals surface area contributed by atoms with E-state index < -0.39 is 0 Å². The number of carbonyl (C=O) groups is 1. The van der Waals surface area contributed by atoms with Gasteiger partial charge in [0.1, 0.15) is 0 Å². The van der Waals surface area contributed by atoms with E-state index in [4.69, 9.17) is 0 Å². The Hall–Kier alpha value is -2.20. The van der Waals surface area contributed by atoms with Crippen LogP contribution in [0.3, 0.4) is 0 Å². The Morgan fingerprint density at radius 3 is 2.95 bits per heavy atom. The molecule has 0 bridgehead atoms. The Bertz CT molecular complexity index is 627. The van der Waals surface area contributed by atoms with E-state index in [0.717, 1.165) is 25.2 Å². The van der Waals surface area contributed by atoms with Gasteiger partial charge in [-0.05, 0) is 36.7 Å². The maximum absolute atomic E-state index is 12.7. The Morgan fingerprint density at radius 1 is 1.33 bits per heavy atom. The first-order chi connectivity index (χ1) is 10.3. The van der Waals surface area contributed by atoms with Gasteiger partial charge in [0.2, 0.25) is 0 Å². The van der Waals surface area contributed by atoms with Crippen molar-refractivity contribution in [3.05, 3.63) is 59.9 Å². The number of amides is 1. The van der Waals surface area contributed by atoms with Gasteiger partial charge in [0.25, 0.3) is 5.91 Å². The van der Waals surface area contributed by atoms with Crippen LogP contribution in [-0.2, 0) is 0 Å². The summed E-state index contributed by atoms with van der Waals surface area (Å²) in [5, 5.41) is 3.49. The van der Waals surface area contributed by atoms with Gasteiger partial charge in [-0.3, -0.25) is 9.78 Å². The van der Waals surface area contributed by atoms with Crippen LogP contribution in [0.15, 0.2) is 48.8 Å². The number of hydrogen-bond acceptors (Lipinski definition) is 3. The molecule has 1 aromatic heterocycles. The highest BCUT2D eigenvalue weighted by atomic mass is 16.2. The van der Waals surface area contributed by atoms with Crippen molar-refractivity contribution in [2.24, 2.45) is 0 Å². The number of carbonyl (C=O) groups excluding carboxylic acids is 1. The molecule has 1 aliphatic rings. The summed E-state index contributed by atoms with van der Waals surface area (Å²) in [4.78, 5) is 18.6. The number of nitrogens with one attached hydrogen (secondary N) is 1. The number of para-hydroxylation sites is 1. The van der Waals surface area contributed by atoms with E-state index >= 15 is 0 Å². The highest BCUT2D eigenvalue weighted by molar-refractivity contribution is 6.06. The molecule has 21 heavy (non-hydrogen) atoms. The second-order valence-electron chi connectivity index (χ2n) is 5.16. The van der Waals surface area contributed by atoms with Gasteiger partial charge in [0.05, 0.1) is 5.56 Å². The van der Waals surface area contributed by atoms with Crippen molar-refractivity contribution in [1.29, 1.82) is 0 Å². The van der Waals surface area contributed by atoms with E-state index in [0.29, 0.717) is 11.6 Å². The summed E-state index contributed by atoms with van der Waals surface area (Å²) >= 11 is 0. The monoisotopic (exact) mass is 281 g/mol. The number of anilines is 1. The third kappa shape index (κ3) is 2.67. The number of hydrogen-bond donors (Lipinski definition) is 1. The molecule has 0 aliphatic carbocycles. The fraction of sp³-hybridized carbons (Fsp3) is 0.294. The van der Waals surface area contributed by atoms with Crippen LogP contribution in [0, 0.1) is 0 Å². The zero-order valence-electron chi connectivity index (χ0n) is 12.1. The zero-order valence-corrected chi connectivity index (χ0v) is 12.1. The quantitative estimate of drug-likeness (QED) is 0.941. The molecule has 4 nitrogen and oxygen atoms in total. The van der Waals surface area contributed by atoms with Crippen LogP contribution in [0.4, 0.5) is 5.69 Å². The molecule has 0 radical (unpaired) electrons. The Kier molecular flexibility index (Phi) is 3.97. The van der Waals surface area contributed by atoms with Crippen LogP contribution in [0.5, 0.6) is 0 Å². The Balaban J connectivity index is 1.94. The smallest absolute Gasteiger partial charge is 0.259 e. The molecule has 2 heterocycles. The molecule has 0 saturated carbocycles. The minimum Gasteiger partial charge on any atom is -0.310 e. The number of benzene rings is 1. The highest BCUT2D eigenvalue weighted by Gasteiger charge is 2.28. The fourth-order valence-electron chi connectivity index (χ4n) is 2.88. The number of aromatic nitrogens is 1. The summed E-state index contributed by atoms with van der Waals surface area (Å²) < 4.78 is 0. The van der Waals surface area contributed by atoms with Gasteiger partial charge >= 0.3 is 0 Å². The average molecular weight is 281 g/mol. The number of rotatable bonds is 3. The molecule has 0 spiro atoms. The lowest BCUT2D eigenvalue weighted by atomic mass is 9.96. The second-order valence-corrected chi connectivity index (χ2v) is 5.16. The number of fused-ring (bicyclic) bond motifs is 1. The number of pyridine rings is 1. The minimum absolute atomic E-state index is 0.0190. The van der Waals surface area contributed by atoms with Crippen LogP contribution < -0.4 is 10.2 Å². The first kappa shape index (κ1) is 13.8. The van der Waals surface area contributed by atoms with Crippen LogP contribution in [0.25, 0.3) is 0 Å². The Morgan fingerprint density at radius 2 is 2.19 bits per heavy atom. The van der Waals surface area contributed by atoms with Crippen molar-refractivity contribution in [1.82, 2.24) is 10.3 Å². The van der Waals surface area contributed by atoms with Crippen LogP contribution >= 0.6 is 0 Å². The molecule has 1 unspecified atom stereocenters. The van der Waals surface area contributed by atoms with Gasteiger partial charge < -0.3 is 10.2 Å². The second kappa shape index (κ2) is 6.06. The van der Waals surface area contributed by atoms with E-state index in [1.807, 2.05) is 29.2 Å². The molecule has 0 saturated heterocycles. The maximum Gasteiger partial charge on any atom is 0.259 e. The molecule has 1 N–H and O–H groups in total. The lowest BCUT2D eigenvalue weighted by Crippen LogP contribution is -2.39. The standard InChI is InChI=1S/C17H19N3O/c1-2-19-15-9-11-20(16-8-4-3-7-14(15)16)17(21)13-6-5-10-18-12-13/h3-8,10,12,15,19H,2,9,11H2,1H3. The van der Waals surface area contributed by atoms with Crippen molar-refractivity contribution in [2.45, 2.75) is 19.4 Å². The summed E-state index contributed by atoms with van der Waals surface area (Å²) in [6, 6.07) is 12.1. The van der Waals surface area contributed by atoms with Gasteiger partial charge in [-0.15, -0.1) is 0 Å². The van der Waals surface area contributed by atoms with Gasteiger partial charge in [-0.25, -0.2) is 0 Å². The summed E-state index contributed by atoms with van der Waals surface area (Å²) in [7, 11) is 0.